The van der Waals surface area contributed by atoms with Crippen LogP contribution >= 0.6 is 0 Å². The highest BCUT2D eigenvalue weighted by Gasteiger charge is 2.34. The van der Waals surface area contributed by atoms with Crippen molar-refractivity contribution in [3.05, 3.63) is 94.1 Å². The summed E-state index contributed by atoms with van der Waals surface area (Å²) in [6.07, 6.45) is 28.4. The van der Waals surface area contributed by atoms with Crippen molar-refractivity contribution >= 4 is 12.2 Å². The molecule has 0 radical (unpaired) electrons. The molecular formula is C37H48. The van der Waals surface area contributed by atoms with Gasteiger partial charge >= 0.3 is 0 Å². The van der Waals surface area contributed by atoms with E-state index in [1.54, 1.807) is 0 Å². The zero-order valence-electron chi connectivity index (χ0n) is 23.9. The molecule has 4 rings (SSSR count). The van der Waals surface area contributed by atoms with Crippen LogP contribution in [0.4, 0.5) is 0 Å². The zero-order valence-corrected chi connectivity index (χ0v) is 23.9. The smallest absolute Gasteiger partial charge is 0.0352 e. The van der Waals surface area contributed by atoms with Crippen LogP contribution in [-0.4, -0.2) is 0 Å². The van der Waals surface area contributed by atoms with Crippen LogP contribution < -0.4 is 0 Å². The first kappa shape index (κ1) is 27.4. The van der Waals surface area contributed by atoms with E-state index in [0.717, 1.165) is 6.42 Å². The van der Waals surface area contributed by atoms with Gasteiger partial charge in [-0.25, -0.2) is 0 Å². The maximum absolute atomic E-state index is 2.49. The average molecular weight is 493 g/mol. The number of fused-ring (bicyclic) bond motifs is 3. The van der Waals surface area contributed by atoms with E-state index in [9.17, 15) is 0 Å². The lowest BCUT2D eigenvalue weighted by molar-refractivity contribution is 0.675. The van der Waals surface area contributed by atoms with Gasteiger partial charge in [0.05, 0.1) is 0 Å². The topological polar surface area (TPSA) is 0 Å². The molecule has 0 amide bonds. The molecule has 0 saturated heterocycles. The number of hydrogen-bond donors (Lipinski definition) is 0. The molecule has 0 atom stereocenters. The Morgan fingerprint density at radius 2 is 1.24 bits per heavy atom. The summed E-state index contributed by atoms with van der Waals surface area (Å²) in [5.74, 6) is 0.899. The van der Waals surface area contributed by atoms with Gasteiger partial charge < -0.3 is 0 Å². The molecule has 0 aromatic heterocycles. The molecule has 0 aliphatic heterocycles. The van der Waals surface area contributed by atoms with Crippen molar-refractivity contribution in [1.29, 1.82) is 0 Å². The molecule has 0 bridgehead atoms. The highest BCUT2D eigenvalue weighted by Crippen LogP contribution is 2.52. The van der Waals surface area contributed by atoms with Crippen LogP contribution in [0.25, 0.3) is 23.3 Å². The minimum Gasteiger partial charge on any atom is -0.0839 e. The number of hydrogen-bond acceptors (Lipinski definition) is 0. The summed E-state index contributed by atoms with van der Waals surface area (Å²) in [7, 11) is 0. The van der Waals surface area contributed by atoms with Crippen LogP contribution in [0.5, 0.6) is 0 Å². The molecule has 2 aliphatic rings. The summed E-state index contributed by atoms with van der Waals surface area (Å²) in [6, 6.07) is 14.3. The Hall–Kier alpha value is -2.60. The molecule has 37 heavy (non-hydrogen) atoms. The fourth-order valence-corrected chi connectivity index (χ4v) is 6.06. The van der Waals surface area contributed by atoms with E-state index >= 15 is 0 Å². The maximum Gasteiger partial charge on any atom is 0.0352 e. The van der Waals surface area contributed by atoms with Gasteiger partial charge in [-0.15, -0.1) is 0 Å². The van der Waals surface area contributed by atoms with Gasteiger partial charge in [-0.05, 0) is 82.5 Å². The zero-order chi connectivity index (χ0) is 26.0. The van der Waals surface area contributed by atoms with E-state index in [1.165, 1.54) is 109 Å². The highest BCUT2D eigenvalue weighted by atomic mass is 14.4. The number of allylic oxidation sites excluding steroid dienone is 6. The Bertz CT molecular complexity index is 1080. The molecule has 2 aliphatic carbocycles. The summed E-state index contributed by atoms with van der Waals surface area (Å²) in [4.78, 5) is 0. The second-order valence-electron chi connectivity index (χ2n) is 11.3. The van der Waals surface area contributed by atoms with Crippen LogP contribution in [0.3, 0.4) is 0 Å². The molecule has 196 valence electrons. The van der Waals surface area contributed by atoms with Gasteiger partial charge in [0, 0.05) is 5.92 Å². The Morgan fingerprint density at radius 3 is 1.73 bits per heavy atom. The first-order valence-corrected chi connectivity index (χ1v) is 15.2. The van der Waals surface area contributed by atoms with Gasteiger partial charge in [0.25, 0.3) is 0 Å². The maximum atomic E-state index is 2.49. The van der Waals surface area contributed by atoms with E-state index in [0.29, 0.717) is 11.8 Å². The Balaban J connectivity index is 1.61. The lowest BCUT2D eigenvalue weighted by Crippen LogP contribution is -2.06. The number of benzene rings is 2. The summed E-state index contributed by atoms with van der Waals surface area (Å²) in [5, 5.41) is 0. The van der Waals surface area contributed by atoms with E-state index < -0.39 is 0 Å². The molecule has 2 aromatic carbocycles. The molecule has 0 unspecified atom stereocenters. The molecule has 0 N–H and O–H groups in total. The van der Waals surface area contributed by atoms with E-state index in [4.69, 9.17) is 0 Å². The number of unbranched alkanes of at least 4 members (excludes halogenated alkanes) is 8. The quantitative estimate of drug-likeness (QED) is 0.230. The second-order valence-corrected chi connectivity index (χ2v) is 11.3. The summed E-state index contributed by atoms with van der Waals surface area (Å²) < 4.78 is 0. The third kappa shape index (κ3) is 6.84. The van der Waals surface area contributed by atoms with Crippen molar-refractivity contribution in [3.63, 3.8) is 0 Å². The Morgan fingerprint density at radius 1 is 0.703 bits per heavy atom. The number of rotatable bonds is 14. The van der Waals surface area contributed by atoms with Gasteiger partial charge in [-0.2, -0.15) is 0 Å². The van der Waals surface area contributed by atoms with Crippen molar-refractivity contribution in [2.75, 3.05) is 0 Å². The largest absolute Gasteiger partial charge is 0.0839 e. The van der Waals surface area contributed by atoms with Crippen molar-refractivity contribution < 1.29 is 0 Å². The van der Waals surface area contributed by atoms with Gasteiger partial charge in [-0.1, -0.05) is 139 Å². The lowest BCUT2D eigenvalue weighted by Gasteiger charge is -2.21. The second kappa shape index (κ2) is 13.8. The average Bonchev–Trinajstić information content (AvgIpc) is 3.50. The minimum atomic E-state index is 0.344. The predicted molar refractivity (Wildman–Crippen MR) is 165 cm³/mol. The predicted octanol–water partition coefficient (Wildman–Crippen LogP) is 11.7. The van der Waals surface area contributed by atoms with Crippen LogP contribution in [0.2, 0.25) is 0 Å². The van der Waals surface area contributed by atoms with Crippen LogP contribution in [0, 0.1) is 5.92 Å². The normalized spacial score (nSPS) is 16.6. The molecule has 0 heterocycles. The van der Waals surface area contributed by atoms with Crippen molar-refractivity contribution in [2.45, 2.75) is 104 Å². The van der Waals surface area contributed by atoms with Crippen LogP contribution in [0.15, 0.2) is 71.8 Å². The van der Waals surface area contributed by atoms with Gasteiger partial charge in [0.15, 0.2) is 0 Å². The standard InChI is InChI=1S/C37H48/c1-5-7-9-11-13-15-18-29-22-24-32-33-25-23-30(19-16-14-12-10-8-6-2)27-36(33)37(35(32)26-29)34-21-17-20-31(34)28(3)4/h15-16,18-28,37H,5-14,17H2,1-4H3. The van der Waals surface area contributed by atoms with Crippen LogP contribution in [0.1, 0.15) is 126 Å². The molecule has 0 spiro atoms. The Kier molecular flexibility index (Phi) is 10.2. The molecule has 0 nitrogen and oxygen atoms in total. The summed E-state index contributed by atoms with van der Waals surface area (Å²) in [5.41, 5.74) is 11.6. The van der Waals surface area contributed by atoms with Gasteiger partial charge in [0.2, 0.25) is 0 Å². The molecular weight excluding hydrogens is 444 g/mol. The SMILES string of the molecule is CCCCCCC=Cc1ccc2c(c1)C(C1=CCC=C1C(C)C)c1cc(C=CCCCCCC)ccc1-2. The molecule has 0 saturated carbocycles. The van der Waals surface area contributed by atoms with E-state index in [-0.39, 0.29) is 0 Å². The molecule has 2 aromatic rings. The van der Waals surface area contributed by atoms with Crippen molar-refractivity contribution in [2.24, 2.45) is 5.92 Å². The van der Waals surface area contributed by atoms with E-state index in [1.807, 2.05) is 0 Å². The fraction of sp³-hybridized carbons (Fsp3) is 0.459. The Labute approximate surface area is 227 Å². The lowest BCUT2D eigenvalue weighted by atomic mass is 9.82. The monoisotopic (exact) mass is 492 g/mol. The van der Waals surface area contributed by atoms with E-state index in [2.05, 4.69) is 101 Å². The first-order chi connectivity index (χ1) is 18.1. The fourth-order valence-electron chi connectivity index (χ4n) is 6.06. The third-order valence-corrected chi connectivity index (χ3v) is 8.07. The first-order valence-electron chi connectivity index (χ1n) is 15.2. The van der Waals surface area contributed by atoms with Crippen LogP contribution in [-0.2, 0) is 0 Å². The van der Waals surface area contributed by atoms with Gasteiger partial charge in [0.1, 0.15) is 0 Å². The highest BCUT2D eigenvalue weighted by molar-refractivity contribution is 5.83. The van der Waals surface area contributed by atoms with Crippen molar-refractivity contribution in [1.82, 2.24) is 0 Å². The minimum absolute atomic E-state index is 0.344. The molecule has 0 heteroatoms. The summed E-state index contributed by atoms with van der Waals surface area (Å²) in [6.45, 7) is 9.25. The van der Waals surface area contributed by atoms with Crippen molar-refractivity contribution in [3.8, 4) is 11.1 Å². The summed E-state index contributed by atoms with van der Waals surface area (Å²) >= 11 is 0. The van der Waals surface area contributed by atoms with Gasteiger partial charge in [-0.3, -0.25) is 0 Å². The third-order valence-electron chi connectivity index (χ3n) is 8.07. The molecule has 0 fully saturated rings.